The monoisotopic (exact) mass is 407 g/mol. The molecule has 0 saturated carbocycles. The van der Waals surface area contributed by atoms with E-state index in [4.69, 9.17) is 5.26 Å². The van der Waals surface area contributed by atoms with E-state index in [9.17, 15) is 9.59 Å². The zero-order valence-electron chi connectivity index (χ0n) is 16.4. The van der Waals surface area contributed by atoms with Crippen LogP contribution in [0.25, 0.3) is 11.3 Å². The Bertz CT molecular complexity index is 1080. The predicted octanol–water partition coefficient (Wildman–Crippen LogP) is 3.61. The number of nitrogens with zero attached hydrogens (tertiary/aromatic N) is 3. The van der Waals surface area contributed by atoms with Gasteiger partial charge >= 0.3 is 0 Å². The molecule has 0 saturated heterocycles. The fourth-order valence-electron chi connectivity index (χ4n) is 2.59. The van der Waals surface area contributed by atoms with Crippen LogP contribution in [0.3, 0.4) is 0 Å². The largest absolute Gasteiger partial charge is 0.348 e. The lowest BCUT2D eigenvalue weighted by Crippen LogP contribution is -2.32. The van der Waals surface area contributed by atoms with Gasteiger partial charge in [-0.1, -0.05) is 12.1 Å². The molecule has 3 aromatic rings. The summed E-state index contributed by atoms with van der Waals surface area (Å²) in [5.41, 5.74) is 2.41. The molecule has 1 aromatic carbocycles. The molecule has 0 spiro atoms. The highest BCUT2D eigenvalue weighted by Crippen LogP contribution is 2.25. The van der Waals surface area contributed by atoms with E-state index in [0.29, 0.717) is 22.0 Å². The molecule has 7 nitrogen and oxygen atoms in total. The molecule has 2 heterocycles. The smallest absolute Gasteiger partial charge is 0.253 e. The van der Waals surface area contributed by atoms with Crippen molar-refractivity contribution in [3.63, 3.8) is 0 Å². The third-order valence-electron chi connectivity index (χ3n) is 4.18. The number of aromatic nitrogens is 2. The van der Waals surface area contributed by atoms with E-state index in [1.165, 1.54) is 11.3 Å². The number of hydrogen-bond donors (Lipinski definition) is 2. The maximum absolute atomic E-state index is 12.2. The Labute approximate surface area is 173 Å². The van der Waals surface area contributed by atoms with Gasteiger partial charge in [0.25, 0.3) is 5.91 Å². The molecule has 0 bridgehead atoms. The Kier molecular flexibility index (Phi) is 5.80. The normalized spacial score (nSPS) is 11.0. The standard InChI is InChI=1S/C21H21N5O2S/c1-21(2,3)26-8-7-16(12-26)19(28)23-11-18(27)25-20-24-17(13-29-20)15-6-4-5-14(9-15)10-22/h4-9,12-13H,11H2,1-3H3,(H,23,28)(H,24,25,27). The van der Waals surface area contributed by atoms with E-state index in [2.05, 4.69) is 21.7 Å². The van der Waals surface area contributed by atoms with Crippen molar-refractivity contribution in [1.29, 1.82) is 5.26 Å². The van der Waals surface area contributed by atoms with Crippen molar-refractivity contribution in [1.82, 2.24) is 14.9 Å². The summed E-state index contributed by atoms with van der Waals surface area (Å²) < 4.78 is 1.94. The zero-order chi connectivity index (χ0) is 21.0. The van der Waals surface area contributed by atoms with Crippen LogP contribution in [-0.4, -0.2) is 27.9 Å². The van der Waals surface area contributed by atoms with Crippen LogP contribution in [0.5, 0.6) is 0 Å². The Morgan fingerprint density at radius 1 is 1.28 bits per heavy atom. The van der Waals surface area contributed by atoms with Crippen molar-refractivity contribution < 1.29 is 9.59 Å². The minimum atomic E-state index is -0.361. The van der Waals surface area contributed by atoms with Gasteiger partial charge in [-0.05, 0) is 39.0 Å². The summed E-state index contributed by atoms with van der Waals surface area (Å²) in [7, 11) is 0. The van der Waals surface area contributed by atoms with E-state index in [1.807, 2.05) is 37.6 Å². The van der Waals surface area contributed by atoms with Gasteiger partial charge in [-0.3, -0.25) is 9.59 Å². The topological polar surface area (TPSA) is 99.8 Å². The predicted molar refractivity (Wildman–Crippen MR) is 113 cm³/mol. The second kappa shape index (κ2) is 8.29. The summed E-state index contributed by atoms with van der Waals surface area (Å²) in [5.74, 6) is -0.670. The van der Waals surface area contributed by atoms with E-state index in [1.54, 1.807) is 35.8 Å². The summed E-state index contributed by atoms with van der Waals surface area (Å²) in [6.45, 7) is 5.97. The van der Waals surface area contributed by atoms with Gasteiger partial charge in [0.2, 0.25) is 5.91 Å². The first kappa shape index (κ1) is 20.3. The van der Waals surface area contributed by atoms with Crippen LogP contribution >= 0.6 is 11.3 Å². The van der Waals surface area contributed by atoms with Gasteiger partial charge in [0.1, 0.15) is 0 Å². The molecular weight excluding hydrogens is 386 g/mol. The number of amides is 2. The van der Waals surface area contributed by atoms with Gasteiger partial charge in [0.05, 0.1) is 29.4 Å². The molecule has 2 aromatic heterocycles. The molecule has 2 N–H and O–H groups in total. The number of nitrogens with one attached hydrogen (secondary N) is 2. The molecule has 0 radical (unpaired) electrons. The third-order valence-corrected chi connectivity index (χ3v) is 4.93. The molecule has 148 valence electrons. The van der Waals surface area contributed by atoms with Gasteiger partial charge in [-0.15, -0.1) is 11.3 Å². The van der Waals surface area contributed by atoms with Crippen molar-refractivity contribution in [2.45, 2.75) is 26.3 Å². The second-order valence-electron chi connectivity index (χ2n) is 7.44. The summed E-state index contributed by atoms with van der Waals surface area (Å²) in [6, 6.07) is 10.9. The number of carbonyl (C=O) groups is 2. The molecule has 2 amide bonds. The van der Waals surface area contributed by atoms with Crippen molar-refractivity contribution in [3.8, 4) is 17.3 Å². The molecule has 0 fully saturated rings. The van der Waals surface area contributed by atoms with Crippen molar-refractivity contribution in [2.75, 3.05) is 11.9 Å². The van der Waals surface area contributed by atoms with Crippen molar-refractivity contribution in [3.05, 3.63) is 59.2 Å². The average molecular weight is 407 g/mol. The minimum absolute atomic E-state index is 0.120. The fourth-order valence-corrected chi connectivity index (χ4v) is 3.32. The Morgan fingerprint density at radius 2 is 2.07 bits per heavy atom. The number of nitriles is 1. The Balaban J connectivity index is 1.56. The SMILES string of the molecule is CC(C)(C)n1ccc(C(=O)NCC(=O)Nc2nc(-c3cccc(C#N)c3)cs2)c1. The van der Waals surface area contributed by atoms with E-state index >= 15 is 0 Å². The van der Waals surface area contributed by atoms with E-state index in [0.717, 1.165) is 5.56 Å². The van der Waals surface area contributed by atoms with Crippen LogP contribution in [0.1, 0.15) is 36.7 Å². The fraction of sp³-hybridized carbons (Fsp3) is 0.238. The highest BCUT2D eigenvalue weighted by molar-refractivity contribution is 7.14. The molecule has 0 aliphatic heterocycles. The average Bonchev–Trinajstić information content (AvgIpc) is 3.36. The molecular formula is C21H21N5O2S. The van der Waals surface area contributed by atoms with Crippen molar-refractivity contribution >= 4 is 28.3 Å². The number of thiazole rings is 1. The quantitative estimate of drug-likeness (QED) is 0.675. The van der Waals surface area contributed by atoms with Crippen LogP contribution in [0.15, 0.2) is 48.1 Å². The maximum Gasteiger partial charge on any atom is 0.253 e. The van der Waals surface area contributed by atoms with Gasteiger partial charge in [0.15, 0.2) is 5.13 Å². The summed E-state index contributed by atoms with van der Waals surface area (Å²) in [6.07, 6.45) is 3.60. The second-order valence-corrected chi connectivity index (χ2v) is 8.30. The van der Waals surface area contributed by atoms with Gasteiger partial charge in [-0.25, -0.2) is 4.98 Å². The summed E-state index contributed by atoms with van der Waals surface area (Å²) in [5, 5.41) is 16.5. The summed E-state index contributed by atoms with van der Waals surface area (Å²) in [4.78, 5) is 28.8. The molecule has 3 rings (SSSR count). The first-order valence-electron chi connectivity index (χ1n) is 8.99. The number of anilines is 1. The molecule has 8 heteroatoms. The van der Waals surface area contributed by atoms with Crippen LogP contribution in [-0.2, 0) is 10.3 Å². The van der Waals surface area contributed by atoms with Crippen molar-refractivity contribution in [2.24, 2.45) is 0 Å². The third kappa shape index (κ3) is 5.09. The van der Waals surface area contributed by atoms with Crippen LogP contribution in [0, 0.1) is 11.3 Å². The number of benzene rings is 1. The van der Waals surface area contributed by atoms with Crippen LogP contribution in [0.2, 0.25) is 0 Å². The first-order chi connectivity index (χ1) is 13.8. The lowest BCUT2D eigenvalue weighted by Gasteiger charge is -2.20. The van der Waals surface area contributed by atoms with Gasteiger partial charge < -0.3 is 15.2 Å². The van der Waals surface area contributed by atoms with E-state index < -0.39 is 0 Å². The summed E-state index contributed by atoms with van der Waals surface area (Å²) >= 11 is 1.28. The minimum Gasteiger partial charge on any atom is -0.348 e. The Morgan fingerprint density at radius 3 is 2.76 bits per heavy atom. The molecule has 0 aliphatic rings. The molecule has 0 atom stereocenters. The molecule has 29 heavy (non-hydrogen) atoms. The number of hydrogen-bond acceptors (Lipinski definition) is 5. The number of rotatable bonds is 5. The first-order valence-corrected chi connectivity index (χ1v) is 9.87. The van der Waals surface area contributed by atoms with Crippen LogP contribution < -0.4 is 10.6 Å². The highest BCUT2D eigenvalue weighted by atomic mass is 32.1. The lowest BCUT2D eigenvalue weighted by molar-refractivity contribution is -0.115. The highest BCUT2D eigenvalue weighted by Gasteiger charge is 2.16. The van der Waals surface area contributed by atoms with Crippen LogP contribution in [0.4, 0.5) is 5.13 Å². The zero-order valence-corrected chi connectivity index (χ0v) is 17.2. The van der Waals surface area contributed by atoms with E-state index in [-0.39, 0.29) is 23.9 Å². The number of carbonyl (C=O) groups excluding carboxylic acids is 2. The van der Waals surface area contributed by atoms with Gasteiger partial charge in [0, 0.05) is 28.9 Å². The molecule has 0 aliphatic carbocycles. The Hall–Kier alpha value is -3.44. The maximum atomic E-state index is 12.2. The lowest BCUT2D eigenvalue weighted by atomic mass is 10.1. The molecule has 0 unspecified atom stereocenters. The van der Waals surface area contributed by atoms with Gasteiger partial charge in [-0.2, -0.15) is 5.26 Å².